The van der Waals surface area contributed by atoms with Crippen LogP contribution in [-0.2, 0) is 19.0 Å². The molecule has 3 aromatic rings. The number of aromatic nitrogens is 4. The Bertz CT molecular complexity index is 1110. The van der Waals surface area contributed by atoms with E-state index in [0.29, 0.717) is 47.6 Å². The molecule has 174 valence electrons. The Kier molecular flexibility index (Phi) is 6.63. The molecule has 3 heterocycles. The van der Waals surface area contributed by atoms with Gasteiger partial charge in [-0.15, -0.1) is 0 Å². The van der Waals surface area contributed by atoms with E-state index in [2.05, 4.69) is 25.3 Å². The molecule has 0 atom stereocenters. The van der Waals surface area contributed by atoms with Crippen LogP contribution in [0.15, 0.2) is 36.5 Å². The highest BCUT2D eigenvalue weighted by Gasteiger charge is 2.41. The molecule has 0 aliphatic carbocycles. The van der Waals surface area contributed by atoms with Crippen molar-refractivity contribution in [1.82, 2.24) is 19.9 Å². The van der Waals surface area contributed by atoms with Gasteiger partial charge in [0.05, 0.1) is 36.9 Å². The van der Waals surface area contributed by atoms with E-state index in [1.807, 2.05) is 0 Å². The van der Waals surface area contributed by atoms with E-state index in [9.17, 15) is 14.3 Å². The largest absolute Gasteiger partial charge is 0.481 e. The van der Waals surface area contributed by atoms with Crippen molar-refractivity contribution in [3.8, 4) is 22.6 Å². The number of aliphatic carboxylic acids is 1. The van der Waals surface area contributed by atoms with Crippen molar-refractivity contribution in [2.24, 2.45) is 5.41 Å². The van der Waals surface area contributed by atoms with Crippen molar-refractivity contribution in [3.05, 3.63) is 48.2 Å². The summed E-state index contributed by atoms with van der Waals surface area (Å²) in [5, 5.41) is 12.5. The molecular formula is C22H24FN5O5. The van der Waals surface area contributed by atoms with Crippen molar-refractivity contribution >= 4 is 11.9 Å². The van der Waals surface area contributed by atoms with Crippen molar-refractivity contribution in [3.63, 3.8) is 0 Å². The van der Waals surface area contributed by atoms with Gasteiger partial charge in [0.2, 0.25) is 12.2 Å². The number of anilines is 1. The van der Waals surface area contributed by atoms with Crippen molar-refractivity contribution in [2.45, 2.75) is 13.2 Å². The maximum atomic E-state index is 13.5. The number of rotatable bonds is 8. The van der Waals surface area contributed by atoms with E-state index in [0.717, 1.165) is 0 Å². The second-order valence-corrected chi connectivity index (χ2v) is 7.86. The summed E-state index contributed by atoms with van der Waals surface area (Å²) in [6.07, 6.45) is 0.727. The van der Waals surface area contributed by atoms with Gasteiger partial charge < -0.3 is 29.6 Å². The molecule has 1 saturated heterocycles. The third-order valence-corrected chi connectivity index (χ3v) is 5.19. The fraction of sp³-hybridized carbons (Fsp3) is 0.364. The zero-order valence-corrected chi connectivity index (χ0v) is 18.2. The quantitative estimate of drug-likeness (QED) is 0.437. The van der Waals surface area contributed by atoms with Gasteiger partial charge in [-0.2, -0.15) is 0 Å². The minimum atomic E-state index is -1.14. The minimum Gasteiger partial charge on any atom is -0.481 e. The maximum Gasteiger partial charge on any atom is 0.314 e. The SMILES string of the molecule is COCCNc1nccc(-c2[nH]c(C3OCC(C)(C(=O)O)CO3)nc2-c2ccc(F)cc2)n1. The monoisotopic (exact) mass is 457 g/mol. The molecule has 33 heavy (non-hydrogen) atoms. The molecule has 1 aliphatic heterocycles. The Morgan fingerprint density at radius 2 is 2.00 bits per heavy atom. The van der Waals surface area contributed by atoms with E-state index in [-0.39, 0.29) is 19.0 Å². The van der Waals surface area contributed by atoms with Gasteiger partial charge >= 0.3 is 5.97 Å². The molecule has 0 unspecified atom stereocenters. The molecular weight excluding hydrogens is 433 g/mol. The zero-order valence-electron chi connectivity index (χ0n) is 18.2. The molecule has 10 nitrogen and oxygen atoms in total. The van der Waals surface area contributed by atoms with Crippen LogP contribution in [0.3, 0.4) is 0 Å². The van der Waals surface area contributed by atoms with Crippen LogP contribution >= 0.6 is 0 Å². The summed E-state index contributed by atoms with van der Waals surface area (Å²) < 4.78 is 29.9. The Morgan fingerprint density at radius 1 is 1.27 bits per heavy atom. The number of imidazole rings is 1. The number of nitrogens with zero attached hydrogens (tertiary/aromatic N) is 3. The van der Waals surface area contributed by atoms with Crippen molar-refractivity contribution < 1.29 is 28.5 Å². The van der Waals surface area contributed by atoms with Crippen LogP contribution in [0.2, 0.25) is 0 Å². The van der Waals surface area contributed by atoms with Gasteiger partial charge in [0.1, 0.15) is 11.2 Å². The average Bonchev–Trinajstić information content (AvgIpc) is 3.26. The number of halogens is 1. The van der Waals surface area contributed by atoms with Crippen LogP contribution in [0.4, 0.5) is 10.3 Å². The number of ether oxygens (including phenoxy) is 3. The Hall–Kier alpha value is -3.41. The van der Waals surface area contributed by atoms with Crippen molar-refractivity contribution in [1.29, 1.82) is 0 Å². The molecule has 3 N–H and O–H groups in total. The molecule has 1 fully saturated rings. The van der Waals surface area contributed by atoms with Crippen LogP contribution in [0.1, 0.15) is 19.0 Å². The normalized spacial score (nSPS) is 20.5. The predicted octanol–water partition coefficient (Wildman–Crippen LogP) is 2.87. The summed E-state index contributed by atoms with van der Waals surface area (Å²) in [4.78, 5) is 28.0. The summed E-state index contributed by atoms with van der Waals surface area (Å²) in [7, 11) is 1.61. The lowest BCUT2D eigenvalue weighted by Gasteiger charge is -2.33. The second kappa shape index (κ2) is 9.61. The first-order valence-corrected chi connectivity index (χ1v) is 10.3. The third-order valence-electron chi connectivity index (χ3n) is 5.19. The first-order chi connectivity index (χ1) is 15.9. The van der Waals surface area contributed by atoms with Crippen LogP contribution in [-0.4, -0.2) is 64.5 Å². The highest BCUT2D eigenvalue weighted by Crippen LogP contribution is 2.35. The van der Waals surface area contributed by atoms with E-state index >= 15 is 0 Å². The van der Waals surface area contributed by atoms with Gasteiger partial charge in [-0.1, -0.05) is 0 Å². The molecule has 2 aromatic heterocycles. The average molecular weight is 457 g/mol. The van der Waals surface area contributed by atoms with Gasteiger partial charge in [0.25, 0.3) is 0 Å². The topological polar surface area (TPSA) is 131 Å². The summed E-state index contributed by atoms with van der Waals surface area (Å²) in [6, 6.07) is 7.63. The number of nitrogens with one attached hydrogen (secondary N) is 2. The van der Waals surface area contributed by atoms with Gasteiger partial charge in [0.15, 0.2) is 5.82 Å². The predicted molar refractivity (Wildman–Crippen MR) is 116 cm³/mol. The number of methoxy groups -OCH3 is 1. The summed E-state index contributed by atoms with van der Waals surface area (Å²) in [6.45, 7) is 2.52. The van der Waals surface area contributed by atoms with Gasteiger partial charge in [-0.25, -0.2) is 19.3 Å². The Balaban J connectivity index is 1.68. The first kappa shape index (κ1) is 22.8. The fourth-order valence-corrected chi connectivity index (χ4v) is 3.24. The number of carboxylic acids is 1. The molecule has 0 amide bonds. The highest BCUT2D eigenvalue weighted by atomic mass is 19.1. The molecule has 4 rings (SSSR count). The number of H-pyrrole nitrogens is 1. The summed E-state index contributed by atoms with van der Waals surface area (Å²) >= 11 is 0. The molecule has 1 aromatic carbocycles. The fourth-order valence-electron chi connectivity index (χ4n) is 3.24. The highest BCUT2D eigenvalue weighted by molar-refractivity contribution is 5.77. The smallest absolute Gasteiger partial charge is 0.314 e. The third kappa shape index (κ3) is 5.00. The van der Waals surface area contributed by atoms with E-state index < -0.39 is 17.7 Å². The summed E-state index contributed by atoms with van der Waals surface area (Å²) in [5.74, 6) is -0.602. The molecule has 11 heteroatoms. The van der Waals surface area contributed by atoms with Gasteiger partial charge in [0, 0.05) is 25.4 Å². The van der Waals surface area contributed by atoms with E-state index in [1.165, 1.54) is 12.1 Å². The number of hydrogen-bond donors (Lipinski definition) is 3. The van der Waals surface area contributed by atoms with Crippen LogP contribution < -0.4 is 5.32 Å². The van der Waals surface area contributed by atoms with Crippen molar-refractivity contribution in [2.75, 3.05) is 38.8 Å². The number of benzene rings is 1. The lowest BCUT2D eigenvalue weighted by atomic mass is 9.92. The lowest BCUT2D eigenvalue weighted by Crippen LogP contribution is -2.42. The standard InChI is InChI=1S/C22H24FN5O5/c1-22(20(29)30)11-32-19(33-12-22)18-27-16(13-3-5-14(23)6-4-13)17(28-18)15-7-8-24-21(26-15)25-9-10-31-2/h3-8,19H,9-12H2,1-2H3,(H,27,28)(H,29,30)(H,24,25,26). The second-order valence-electron chi connectivity index (χ2n) is 7.86. The number of hydrogen-bond acceptors (Lipinski definition) is 8. The van der Waals surface area contributed by atoms with Gasteiger partial charge in [-0.05, 0) is 37.3 Å². The molecule has 0 spiro atoms. The first-order valence-electron chi connectivity index (χ1n) is 10.3. The van der Waals surface area contributed by atoms with Crippen LogP contribution in [0.25, 0.3) is 22.6 Å². The summed E-state index contributed by atoms with van der Waals surface area (Å²) in [5.41, 5.74) is 1.15. The number of carbonyl (C=O) groups is 1. The molecule has 1 aliphatic rings. The maximum absolute atomic E-state index is 13.5. The van der Waals surface area contributed by atoms with Crippen LogP contribution in [0, 0.1) is 11.2 Å². The Labute approximate surface area is 189 Å². The Morgan fingerprint density at radius 3 is 2.67 bits per heavy atom. The molecule has 0 saturated carbocycles. The van der Waals surface area contributed by atoms with E-state index in [1.54, 1.807) is 38.4 Å². The zero-order chi connectivity index (χ0) is 23.4. The lowest BCUT2D eigenvalue weighted by molar-refractivity contribution is -0.236. The number of carboxylic acid groups (broad SMARTS) is 1. The molecule has 0 radical (unpaired) electrons. The minimum absolute atomic E-state index is 0.0318. The van der Waals surface area contributed by atoms with E-state index in [4.69, 9.17) is 14.2 Å². The number of aromatic amines is 1. The van der Waals surface area contributed by atoms with Crippen LogP contribution in [0.5, 0.6) is 0 Å². The molecule has 0 bridgehead atoms. The van der Waals surface area contributed by atoms with Gasteiger partial charge in [-0.3, -0.25) is 4.79 Å².